The van der Waals surface area contributed by atoms with E-state index in [1.54, 1.807) is 0 Å². The molecule has 2 aromatic heterocycles. The minimum Gasteiger partial charge on any atom is -0.308 e. The molecule has 5 aromatic carbocycles. The van der Waals surface area contributed by atoms with E-state index >= 15 is 0 Å². The van der Waals surface area contributed by atoms with Crippen molar-refractivity contribution in [1.29, 1.82) is 5.26 Å². The summed E-state index contributed by atoms with van der Waals surface area (Å²) in [4.78, 5) is 17.1. The molecule has 290 valence electrons. The summed E-state index contributed by atoms with van der Waals surface area (Å²) >= 11 is 0. The number of hydrogen-bond acceptors (Lipinski definition) is 4. The first-order valence-electron chi connectivity index (χ1n) is 22.5. The molecule has 0 radical (unpaired) electrons. The molecule has 5 nitrogen and oxygen atoms in total. The predicted octanol–water partition coefficient (Wildman–Crippen LogP) is 12.8. The zero-order valence-corrected chi connectivity index (χ0v) is 33.7. The number of fused-ring (bicyclic) bond motifs is 3. The van der Waals surface area contributed by atoms with Gasteiger partial charge in [-0.25, -0.2) is 15.0 Å². The largest absolute Gasteiger partial charge is 0.308 e. The Balaban J connectivity index is 1.05. The van der Waals surface area contributed by atoms with Crippen molar-refractivity contribution in [3.05, 3.63) is 132 Å². The summed E-state index contributed by atoms with van der Waals surface area (Å²) in [7, 11) is 0. The Morgan fingerprint density at radius 1 is 0.475 bits per heavy atom. The quantitative estimate of drug-likeness (QED) is 0.169. The van der Waals surface area contributed by atoms with E-state index in [4.69, 9.17) is 15.0 Å². The van der Waals surface area contributed by atoms with Crippen LogP contribution in [-0.2, 0) is 10.8 Å². The van der Waals surface area contributed by atoms with E-state index in [0.717, 1.165) is 75.3 Å². The standard InChI is InChI=1S/C54H49N5/c55-32-33-11-14-49(59-47-15-12-42(40-7-3-1-4-8-40)24-44(47)45-25-43(13-16-48(45)59)41-9-5-2-6-10-41)46(23-33)50-56-51(53-26-34-17-35(27-53)19-36(18-34)28-53)58-52(57-50)54-29-37-20-38(30-54)22-39(21-37)31-54/h1-16,23-25,34-39H,17-22,26-31H2. The first-order chi connectivity index (χ1) is 29.0. The van der Waals surface area contributed by atoms with Crippen LogP contribution in [0.2, 0.25) is 0 Å². The number of nitriles is 1. The molecule has 8 fully saturated rings. The SMILES string of the molecule is N#Cc1ccc(-n2c3ccc(-c4ccccc4)cc3c3cc(-c4ccccc4)ccc32)c(-c2nc(C34CC5CC(CC(C5)C3)C4)nc(C34CC5CC(CC(C5)C3)C4)n2)c1. The molecule has 0 amide bonds. The minimum absolute atomic E-state index is 0.0327. The topological polar surface area (TPSA) is 67.4 Å². The predicted molar refractivity (Wildman–Crippen MR) is 235 cm³/mol. The maximum absolute atomic E-state index is 10.5. The number of nitrogens with zero attached hydrogens (tertiary/aromatic N) is 5. The third-order valence-corrected chi connectivity index (χ3v) is 16.2. The molecule has 8 saturated carbocycles. The zero-order valence-electron chi connectivity index (χ0n) is 33.7. The van der Waals surface area contributed by atoms with E-state index in [0.29, 0.717) is 5.56 Å². The third-order valence-electron chi connectivity index (χ3n) is 16.2. The first-order valence-corrected chi connectivity index (χ1v) is 22.5. The van der Waals surface area contributed by atoms with Gasteiger partial charge in [-0.15, -0.1) is 0 Å². The third kappa shape index (κ3) is 5.37. The van der Waals surface area contributed by atoms with Crippen LogP contribution in [-0.4, -0.2) is 19.5 Å². The molecule has 59 heavy (non-hydrogen) atoms. The van der Waals surface area contributed by atoms with Crippen molar-refractivity contribution in [3.8, 4) is 45.4 Å². The highest BCUT2D eigenvalue weighted by molar-refractivity contribution is 6.12. The van der Waals surface area contributed by atoms with Crippen molar-refractivity contribution in [2.45, 2.75) is 87.9 Å². The fourth-order valence-electron chi connectivity index (χ4n) is 14.6. The Morgan fingerprint density at radius 3 is 1.34 bits per heavy atom. The van der Waals surface area contributed by atoms with Gasteiger partial charge in [-0.3, -0.25) is 0 Å². The van der Waals surface area contributed by atoms with Crippen molar-refractivity contribution < 1.29 is 0 Å². The van der Waals surface area contributed by atoms with Crippen LogP contribution >= 0.6 is 0 Å². The highest BCUT2D eigenvalue weighted by atomic mass is 15.1. The van der Waals surface area contributed by atoms with Crippen LogP contribution in [0.15, 0.2) is 115 Å². The van der Waals surface area contributed by atoms with E-state index in [1.807, 2.05) is 6.07 Å². The van der Waals surface area contributed by atoms with E-state index in [2.05, 4.69) is 120 Å². The number of aromatic nitrogens is 4. The monoisotopic (exact) mass is 767 g/mol. The highest BCUT2D eigenvalue weighted by Gasteiger charge is 2.56. The molecule has 0 N–H and O–H groups in total. The van der Waals surface area contributed by atoms with Gasteiger partial charge in [-0.1, -0.05) is 72.8 Å². The number of benzene rings is 5. The van der Waals surface area contributed by atoms with E-state index in [-0.39, 0.29) is 10.8 Å². The van der Waals surface area contributed by atoms with Gasteiger partial charge in [-0.2, -0.15) is 5.26 Å². The van der Waals surface area contributed by atoms with Gasteiger partial charge in [0, 0.05) is 27.2 Å². The Kier molecular flexibility index (Phi) is 7.38. The average molecular weight is 768 g/mol. The fourth-order valence-corrected chi connectivity index (χ4v) is 14.6. The second kappa shape index (κ2) is 12.7. The van der Waals surface area contributed by atoms with Crippen LogP contribution in [0.5, 0.6) is 0 Å². The Labute approximate surface area is 346 Å². The molecule has 0 atom stereocenters. The summed E-state index contributed by atoms with van der Waals surface area (Å²) in [6, 6.07) is 43.9. The number of rotatable bonds is 6. The van der Waals surface area contributed by atoms with Crippen molar-refractivity contribution in [3.63, 3.8) is 0 Å². The van der Waals surface area contributed by atoms with Gasteiger partial charge in [0.25, 0.3) is 0 Å². The lowest BCUT2D eigenvalue weighted by atomic mass is 9.49. The van der Waals surface area contributed by atoms with Crippen LogP contribution in [0.25, 0.3) is 61.1 Å². The minimum atomic E-state index is 0.0327. The molecule has 15 rings (SSSR count). The lowest BCUT2D eigenvalue weighted by Crippen LogP contribution is -2.51. The number of hydrogen-bond donors (Lipinski definition) is 0. The van der Waals surface area contributed by atoms with Gasteiger partial charge in [0.1, 0.15) is 11.6 Å². The van der Waals surface area contributed by atoms with Gasteiger partial charge in [0.2, 0.25) is 0 Å². The Morgan fingerprint density at radius 2 is 0.915 bits per heavy atom. The highest BCUT2D eigenvalue weighted by Crippen LogP contribution is 2.62. The molecule has 0 unspecified atom stereocenters. The van der Waals surface area contributed by atoms with Crippen molar-refractivity contribution in [1.82, 2.24) is 19.5 Å². The van der Waals surface area contributed by atoms with Gasteiger partial charge >= 0.3 is 0 Å². The van der Waals surface area contributed by atoms with E-state index in [9.17, 15) is 5.26 Å². The maximum Gasteiger partial charge on any atom is 0.165 e. The molecule has 7 aromatic rings. The van der Waals surface area contributed by atoms with Gasteiger partial charge in [0.05, 0.1) is 28.4 Å². The van der Waals surface area contributed by atoms with Gasteiger partial charge < -0.3 is 4.57 Å². The first kappa shape index (κ1) is 34.3. The molecule has 0 aliphatic heterocycles. The normalized spacial score (nSPS) is 30.0. The van der Waals surface area contributed by atoms with E-state index < -0.39 is 0 Å². The Bertz CT molecular complexity index is 2630. The summed E-state index contributed by atoms with van der Waals surface area (Å²) in [5.41, 5.74) is 9.71. The smallest absolute Gasteiger partial charge is 0.165 e. The lowest BCUT2D eigenvalue weighted by molar-refractivity contribution is -0.0155. The van der Waals surface area contributed by atoms with Crippen LogP contribution in [0.4, 0.5) is 0 Å². The van der Waals surface area contributed by atoms with Crippen molar-refractivity contribution in [2.24, 2.45) is 35.5 Å². The van der Waals surface area contributed by atoms with Crippen LogP contribution in [0.3, 0.4) is 0 Å². The maximum atomic E-state index is 10.5. The van der Waals surface area contributed by atoms with Gasteiger partial charge in [0.15, 0.2) is 5.82 Å². The molecule has 2 heterocycles. The summed E-state index contributed by atoms with van der Waals surface area (Å²) in [5, 5.41) is 12.9. The fraction of sp³-hybridized carbons (Fsp3) is 0.370. The van der Waals surface area contributed by atoms with Crippen LogP contribution < -0.4 is 0 Å². The second-order valence-electron chi connectivity index (χ2n) is 20.1. The summed E-state index contributed by atoms with van der Waals surface area (Å²) in [6.45, 7) is 0. The zero-order chi connectivity index (χ0) is 38.9. The Hall–Kier alpha value is -5.60. The molecule has 8 bridgehead atoms. The molecule has 5 heteroatoms. The van der Waals surface area contributed by atoms with Crippen molar-refractivity contribution in [2.75, 3.05) is 0 Å². The summed E-state index contributed by atoms with van der Waals surface area (Å²) in [5.74, 6) is 7.66. The lowest BCUT2D eigenvalue weighted by Gasteiger charge is -2.57. The molecular formula is C54H49N5. The molecule has 8 aliphatic carbocycles. The molecule has 0 saturated heterocycles. The van der Waals surface area contributed by atoms with E-state index in [1.165, 1.54) is 110 Å². The summed E-state index contributed by atoms with van der Waals surface area (Å²) < 4.78 is 2.42. The van der Waals surface area contributed by atoms with Gasteiger partial charge in [-0.05, 0) is 177 Å². The van der Waals surface area contributed by atoms with Crippen molar-refractivity contribution >= 4 is 21.8 Å². The molecular weight excluding hydrogens is 719 g/mol. The molecule has 8 aliphatic rings. The molecule has 0 spiro atoms. The van der Waals surface area contributed by atoms with Crippen LogP contribution in [0, 0.1) is 46.8 Å². The van der Waals surface area contributed by atoms with Crippen LogP contribution in [0.1, 0.15) is 94.3 Å². The summed E-state index contributed by atoms with van der Waals surface area (Å²) in [6.07, 6.45) is 15.6. The average Bonchev–Trinajstić information content (AvgIpc) is 3.58. The second-order valence-corrected chi connectivity index (χ2v) is 20.1.